The van der Waals surface area contributed by atoms with Crippen LogP contribution in [0.2, 0.25) is 0 Å². The molecular formula is C14H15BrN2O3S. The Morgan fingerprint density at radius 2 is 2.05 bits per heavy atom. The molecular weight excluding hydrogens is 356 g/mol. The van der Waals surface area contributed by atoms with Gasteiger partial charge in [0.1, 0.15) is 5.75 Å². The van der Waals surface area contributed by atoms with Crippen molar-refractivity contribution < 1.29 is 13.2 Å². The zero-order valence-electron chi connectivity index (χ0n) is 11.6. The topological polar surface area (TPSA) is 68.3 Å². The molecule has 1 heterocycles. The van der Waals surface area contributed by atoms with Crippen LogP contribution in [0.25, 0.3) is 0 Å². The fourth-order valence-corrected chi connectivity index (χ4v) is 3.48. The van der Waals surface area contributed by atoms with E-state index in [0.29, 0.717) is 15.9 Å². The molecule has 5 nitrogen and oxygen atoms in total. The van der Waals surface area contributed by atoms with E-state index in [9.17, 15) is 8.42 Å². The number of ether oxygens (including phenoxy) is 1. The summed E-state index contributed by atoms with van der Waals surface area (Å²) in [6.07, 6.45) is 0. The Labute approximate surface area is 132 Å². The lowest BCUT2D eigenvalue weighted by Gasteiger charge is -2.09. The normalized spacial score (nSPS) is 11.4. The fraction of sp³-hybridized carbons (Fsp3) is 0.214. The van der Waals surface area contributed by atoms with Crippen LogP contribution < -0.4 is 9.46 Å². The van der Waals surface area contributed by atoms with E-state index in [2.05, 4.69) is 25.6 Å². The number of pyridine rings is 1. The number of methoxy groups -OCH3 is 1. The first-order chi connectivity index (χ1) is 9.92. The van der Waals surface area contributed by atoms with Gasteiger partial charge >= 0.3 is 0 Å². The van der Waals surface area contributed by atoms with Crippen LogP contribution >= 0.6 is 15.9 Å². The van der Waals surface area contributed by atoms with Crippen molar-refractivity contribution in [2.24, 2.45) is 0 Å². The molecule has 0 amide bonds. The van der Waals surface area contributed by atoms with Crippen molar-refractivity contribution >= 4 is 26.0 Å². The lowest BCUT2D eigenvalue weighted by atomic mass is 10.3. The number of aryl methyl sites for hydroxylation is 1. The summed E-state index contributed by atoms with van der Waals surface area (Å²) >= 11 is 3.28. The highest BCUT2D eigenvalue weighted by Gasteiger charge is 2.15. The molecule has 0 fully saturated rings. The molecule has 0 spiro atoms. The van der Waals surface area contributed by atoms with Crippen LogP contribution in [-0.2, 0) is 16.6 Å². The third kappa shape index (κ3) is 4.03. The molecule has 0 aliphatic heterocycles. The summed E-state index contributed by atoms with van der Waals surface area (Å²) in [7, 11) is -2.07. The number of sulfonamides is 1. The minimum Gasteiger partial charge on any atom is -0.496 e. The van der Waals surface area contributed by atoms with Crippen molar-refractivity contribution in [1.82, 2.24) is 9.71 Å². The fourth-order valence-electron chi connectivity index (χ4n) is 1.76. The van der Waals surface area contributed by atoms with Crippen LogP contribution in [0, 0.1) is 6.92 Å². The van der Waals surface area contributed by atoms with Gasteiger partial charge in [-0.3, -0.25) is 4.98 Å². The van der Waals surface area contributed by atoms with Gasteiger partial charge in [-0.05, 0) is 53.2 Å². The molecule has 21 heavy (non-hydrogen) atoms. The number of nitrogens with zero attached hydrogens (tertiary/aromatic N) is 1. The summed E-state index contributed by atoms with van der Waals surface area (Å²) < 4.78 is 32.7. The summed E-state index contributed by atoms with van der Waals surface area (Å²) in [4.78, 5) is 4.43. The molecule has 0 bridgehead atoms. The highest BCUT2D eigenvalue weighted by molar-refractivity contribution is 9.10. The van der Waals surface area contributed by atoms with Crippen molar-refractivity contribution in [2.75, 3.05) is 7.11 Å². The van der Waals surface area contributed by atoms with Gasteiger partial charge in [-0.15, -0.1) is 0 Å². The zero-order valence-corrected chi connectivity index (χ0v) is 14.0. The summed E-state index contributed by atoms with van der Waals surface area (Å²) in [5.74, 6) is 0.578. The van der Waals surface area contributed by atoms with Crippen LogP contribution in [0.15, 0.2) is 45.8 Å². The first-order valence-electron chi connectivity index (χ1n) is 6.18. The molecule has 1 aromatic carbocycles. The van der Waals surface area contributed by atoms with Crippen molar-refractivity contribution in [3.63, 3.8) is 0 Å². The standard InChI is InChI=1S/C14H15BrN2O3S/c1-10-4-3-5-11(17-10)9-16-21(18,19)12-6-7-14(20-2)13(15)8-12/h3-8,16H,9H2,1-2H3. The summed E-state index contributed by atoms with van der Waals surface area (Å²) in [5.41, 5.74) is 1.52. The van der Waals surface area contributed by atoms with E-state index in [1.807, 2.05) is 19.1 Å². The lowest BCUT2D eigenvalue weighted by Crippen LogP contribution is -2.23. The summed E-state index contributed by atoms with van der Waals surface area (Å²) in [6, 6.07) is 10.1. The van der Waals surface area contributed by atoms with Crippen LogP contribution in [0.5, 0.6) is 5.75 Å². The minimum absolute atomic E-state index is 0.146. The number of hydrogen-bond acceptors (Lipinski definition) is 4. The van der Waals surface area contributed by atoms with Crippen molar-refractivity contribution in [1.29, 1.82) is 0 Å². The summed E-state index contributed by atoms with van der Waals surface area (Å²) in [5, 5.41) is 0. The Morgan fingerprint density at radius 1 is 1.29 bits per heavy atom. The van der Waals surface area contributed by atoms with E-state index in [0.717, 1.165) is 5.69 Å². The second-order valence-corrected chi connectivity index (χ2v) is 7.01. The van der Waals surface area contributed by atoms with E-state index in [1.165, 1.54) is 19.2 Å². The van der Waals surface area contributed by atoms with Crippen LogP contribution in [0.1, 0.15) is 11.4 Å². The second-order valence-electron chi connectivity index (χ2n) is 4.39. The molecule has 112 valence electrons. The molecule has 7 heteroatoms. The van der Waals surface area contributed by atoms with Gasteiger partial charge in [0.25, 0.3) is 0 Å². The van der Waals surface area contributed by atoms with Gasteiger partial charge in [-0.25, -0.2) is 13.1 Å². The lowest BCUT2D eigenvalue weighted by molar-refractivity contribution is 0.411. The van der Waals surface area contributed by atoms with Gasteiger partial charge in [0.05, 0.1) is 28.7 Å². The van der Waals surface area contributed by atoms with Gasteiger partial charge in [-0.2, -0.15) is 0 Å². The predicted molar refractivity (Wildman–Crippen MR) is 83.7 cm³/mol. The molecule has 0 aliphatic carbocycles. The molecule has 1 aromatic heterocycles. The van der Waals surface area contributed by atoms with Crippen LogP contribution in [0.4, 0.5) is 0 Å². The predicted octanol–water partition coefficient (Wildman–Crippen LogP) is 2.64. The Bertz CT molecular complexity index is 748. The summed E-state index contributed by atoms with van der Waals surface area (Å²) in [6.45, 7) is 2.01. The van der Waals surface area contributed by atoms with Gasteiger partial charge in [0, 0.05) is 5.69 Å². The SMILES string of the molecule is COc1ccc(S(=O)(=O)NCc2cccc(C)n2)cc1Br. The maximum Gasteiger partial charge on any atom is 0.240 e. The second kappa shape index (κ2) is 6.55. The molecule has 2 rings (SSSR count). The molecule has 2 aromatic rings. The van der Waals surface area contributed by atoms with Crippen molar-refractivity contribution in [3.8, 4) is 5.75 Å². The maximum atomic E-state index is 12.2. The Balaban J connectivity index is 2.17. The largest absolute Gasteiger partial charge is 0.496 e. The highest BCUT2D eigenvalue weighted by Crippen LogP contribution is 2.27. The molecule has 0 saturated heterocycles. The van der Waals surface area contributed by atoms with E-state index in [-0.39, 0.29) is 11.4 Å². The number of nitrogens with one attached hydrogen (secondary N) is 1. The zero-order chi connectivity index (χ0) is 15.5. The number of hydrogen-bond donors (Lipinski definition) is 1. The van der Waals surface area contributed by atoms with E-state index in [1.54, 1.807) is 12.1 Å². The number of aromatic nitrogens is 1. The molecule has 0 radical (unpaired) electrons. The third-order valence-corrected chi connectivity index (χ3v) is 4.84. The third-order valence-electron chi connectivity index (χ3n) is 2.82. The molecule has 1 N–H and O–H groups in total. The first kappa shape index (κ1) is 15.9. The first-order valence-corrected chi connectivity index (χ1v) is 8.46. The van der Waals surface area contributed by atoms with E-state index < -0.39 is 10.0 Å². The Hall–Kier alpha value is -1.44. The van der Waals surface area contributed by atoms with Gasteiger partial charge in [0.2, 0.25) is 10.0 Å². The van der Waals surface area contributed by atoms with Crippen LogP contribution in [0.3, 0.4) is 0 Å². The van der Waals surface area contributed by atoms with Crippen molar-refractivity contribution in [2.45, 2.75) is 18.4 Å². The molecule has 0 aliphatic rings. The Kier molecular flexibility index (Phi) is 4.97. The van der Waals surface area contributed by atoms with Crippen molar-refractivity contribution in [3.05, 3.63) is 52.3 Å². The average molecular weight is 371 g/mol. The smallest absolute Gasteiger partial charge is 0.240 e. The van der Waals surface area contributed by atoms with Gasteiger partial charge in [0.15, 0.2) is 0 Å². The molecule has 0 atom stereocenters. The number of rotatable bonds is 5. The highest BCUT2D eigenvalue weighted by atomic mass is 79.9. The van der Waals surface area contributed by atoms with Gasteiger partial charge in [-0.1, -0.05) is 6.07 Å². The minimum atomic E-state index is -3.59. The molecule has 0 saturated carbocycles. The van der Waals surface area contributed by atoms with E-state index >= 15 is 0 Å². The molecule has 0 unspecified atom stereocenters. The average Bonchev–Trinajstić information content (AvgIpc) is 2.45. The number of halogens is 1. The quantitative estimate of drug-likeness (QED) is 0.878. The van der Waals surface area contributed by atoms with Crippen LogP contribution in [-0.4, -0.2) is 20.5 Å². The van der Waals surface area contributed by atoms with Gasteiger partial charge < -0.3 is 4.74 Å². The maximum absolute atomic E-state index is 12.2. The Morgan fingerprint density at radius 3 is 2.67 bits per heavy atom. The monoisotopic (exact) mass is 370 g/mol. The number of benzene rings is 1. The van der Waals surface area contributed by atoms with E-state index in [4.69, 9.17) is 4.74 Å².